The van der Waals surface area contributed by atoms with Gasteiger partial charge in [0.25, 0.3) is 5.69 Å². The highest BCUT2D eigenvalue weighted by atomic mass is 16.6. The molecule has 0 heterocycles. The minimum Gasteiger partial charge on any atom is -0.465 e. The fourth-order valence-corrected chi connectivity index (χ4v) is 1.34. The summed E-state index contributed by atoms with van der Waals surface area (Å²) in [5, 5.41) is 14.2. The number of nitro groups is 1. The van der Waals surface area contributed by atoms with Crippen LogP contribution in [0.2, 0.25) is 0 Å². The highest BCUT2D eigenvalue weighted by molar-refractivity contribution is 5.90. The van der Waals surface area contributed by atoms with E-state index < -0.39 is 10.9 Å². The molecule has 0 saturated heterocycles. The van der Waals surface area contributed by atoms with E-state index in [-0.39, 0.29) is 23.4 Å². The van der Waals surface area contributed by atoms with E-state index in [9.17, 15) is 14.9 Å². The Kier molecular flexibility index (Phi) is 5.56. The molecule has 0 bridgehead atoms. The summed E-state index contributed by atoms with van der Waals surface area (Å²) in [6, 6.07) is 3.89. The fraction of sp³-hybridized carbons (Fsp3) is 0.250. The number of nitrogens with zero attached hydrogens (tertiary/aromatic N) is 4. The summed E-state index contributed by atoms with van der Waals surface area (Å²) in [7, 11) is 1.19. The summed E-state index contributed by atoms with van der Waals surface area (Å²) in [6.45, 7) is 0.192. The lowest BCUT2D eigenvalue weighted by molar-refractivity contribution is -0.385. The van der Waals surface area contributed by atoms with E-state index in [1.54, 1.807) is 0 Å². The van der Waals surface area contributed by atoms with Crippen molar-refractivity contribution in [2.24, 2.45) is 5.11 Å². The quantitative estimate of drug-likeness (QED) is 0.122. The number of carbonyl (C=O) groups excluding carboxylic acids is 1. The molecular formula is C12H10N4O4. The first-order valence-electron chi connectivity index (χ1n) is 5.46. The number of nitro benzene ring substituents is 1. The van der Waals surface area contributed by atoms with Crippen molar-refractivity contribution in [2.45, 2.75) is 6.42 Å². The molecular weight excluding hydrogens is 264 g/mol. The van der Waals surface area contributed by atoms with Gasteiger partial charge in [-0.1, -0.05) is 17.0 Å². The van der Waals surface area contributed by atoms with Crippen LogP contribution in [-0.4, -0.2) is 24.5 Å². The molecule has 20 heavy (non-hydrogen) atoms. The van der Waals surface area contributed by atoms with E-state index in [1.807, 2.05) is 0 Å². The second-order valence-electron chi connectivity index (χ2n) is 3.49. The molecule has 102 valence electrons. The molecule has 1 aromatic carbocycles. The van der Waals surface area contributed by atoms with E-state index in [0.29, 0.717) is 6.42 Å². The minimum atomic E-state index is -0.657. The Morgan fingerprint density at radius 2 is 2.35 bits per heavy atom. The predicted molar refractivity (Wildman–Crippen MR) is 69.9 cm³/mol. The molecule has 8 nitrogen and oxygen atoms in total. The smallest absolute Gasteiger partial charge is 0.338 e. The number of methoxy groups -OCH3 is 1. The van der Waals surface area contributed by atoms with Gasteiger partial charge in [0.1, 0.15) is 5.56 Å². The molecule has 0 aliphatic rings. The van der Waals surface area contributed by atoms with E-state index >= 15 is 0 Å². The van der Waals surface area contributed by atoms with Crippen molar-refractivity contribution in [2.75, 3.05) is 13.7 Å². The molecule has 0 aliphatic heterocycles. The van der Waals surface area contributed by atoms with Gasteiger partial charge in [-0.15, -0.1) is 0 Å². The van der Waals surface area contributed by atoms with Gasteiger partial charge in [-0.05, 0) is 17.7 Å². The predicted octanol–water partition coefficient (Wildman–Crippen LogP) is 2.43. The molecule has 0 spiro atoms. The molecule has 1 rings (SSSR count). The van der Waals surface area contributed by atoms with Gasteiger partial charge in [0.2, 0.25) is 0 Å². The number of hydrogen-bond acceptors (Lipinski definition) is 5. The van der Waals surface area contributed by atoms with Crippen LogP contribution in [0.3, 0.4) is 0 Å². The van der Waals surface area contributed by atoms with Crippen molar-refractivity contribution < 1.29 is 14.5 Å². The topological polar surface area (TPSA) is 118 Å². The molecule has 8 heteroatoms. The molecule has 0 fully saturated rings. The molecule has 0 atom stereocenters. The van der Waals surface area contributed by atoms with Crippen molar-refractivity contribution in [3.63, 3.8) is 0 Å². The molecule has 1 aromatic rings. The Hall–Kier alpha value is -3.04. The number of azide groups is 1. The number of ether oxygens (including phenoxy) is 1. The van der Waals surface area contributed by atoms with Crippen LogP contribution in [0.25, 0.3) is 10.4 Å². The Balaban J connectivity index is 3.04. The van der Waals surface area contributed by atoms with Crippen LogP contribution in [-0.2, 0) is 4.74 Å². The zero-order valence-corrected chi connectivity index (χ0v) is 10.6. The molecule has 0 radical (unpaired) electrons. The number of esters is 1. The lowest BCUT2D eigenvalue weighted by Gasteiger charge is -2.00. The number of benzene rings is 1. The Morgan fingerprint density at radius 3 is 2.95 bits per heavy atom. The second kappa shape index (κ2) is 7.41. The summed E-state index contributed by atoms with van der Waals surface area (Å²) in [6.07, 6.45) is 0.292. The Bertz CT molecular complexity index is 639. The van der Waals surface area contributed by atoms with Crippen molar-refractivity contribution in [1.82, 2.24) is 0 Å². The SMILES string of the molecule is COC(=O)c1ccc(C#CCCN=[N+]=[N-])c([N+](=O)[O-])c1. The standard InChI is InChI=1S/C12H10N4O4/c1-20-12(17)10-6-5-9(11(8-10)16(18)19)4-2-3-7-14-15-13/h5-6,8H,3,7H2,1H3. The van der Waals surface area contributed by atoms with Gasteiger partial charge in [0, 0.05) is 23.9 Å². The van der Waals surface area contributed by atoms with Crippen molar-refractivity contribution in [1.29, 1.82) is 0 Å². The third-order valence-electron chi connectivity index (χ3n) is 2.24. The Morgan fingerprint density at radius 1 is 1.60 bits per heavy atom. The van der Waals surface area contributed by atoms with Crippen LogP contribution in [0.1, 0.15) is 22.3 Å². The van der Waals surface area contributed by atoms with Crippen LogP contribution in [0, 0.1) is 22.0 Å². The summed E-state index contributed by atoms with van der Waals surface area (Å²) in [5.74, 6) is 4.61. The maximum atomic E-state index is 11.3. The number of hydrogen-bond donors (Lipinski definition) is 0. The van der Waals surface area contributed by atoms with E-state index in [2.05, 4.69) is 26.6 Å². The highest BCUT2D eigenvalue weighted by Crippen LogP contribution is 2.20. The van der Waals surface area contributed by atoms with Gasteiger partial charge in [-0.3, -0.25) is 10.1 Å². The largest absolute Gasteiger partial charge is 0.465 e. The van der Waals surface area contributed by atoms with Crippen LogP contribution in [0.5, 0.6) is 0 Å². The van der Waals surface area contributed by atoms with Crippen molar-refractivity contribution in [3.05, 3.63) is 49.9 Å². The third-order valence-corrected chi connectivity index (χ3v) is 2.24. The Labute approximate surface area is 114 Å². The highest BCUT2D eigenvalue weighted by Gasteiger charge is 2.16. The van der Waals surface area contributed by atoms with E-state index in [4.69, 9.17) is 5.53 Å². The minimum absolute atomic E-state index is 0.0823. The maximum absolute atomic E-state index is 11.3. The zero-order valence-electron chi connectivity index (χ0n) is 10.6. The van der Waals surface area contributed by atoms with Gasteiger partial charge in [-0.2, -0.15) is 0 Å². The van der Waals surface area contributed by atoms with Crippen LogP contribution >= 0.6 is 0 Å². The lowest BCUT2D eigenvalue weighted by Crippen LogP contribution is -2.03. The molecule has 0 aliphatic carbocycles. The van der Waals surface area contributed by atoms with Gasteiger partial charge in [-0.25, -0.2) is 4.79 Å². The first-order valence-corrected chi connectivity index (χ1v) is 5.46. The van der Waals surface area contributed by atoms with E-state index in [0.717, 1.165) is 6.07 Å². The molecule has 0 amide bonds. The molecule has 0 saturated carbocycles. The van der Waals surface area contributed by atoms with Gasteiger partial charge >= 0.3 is 5.97 Å². The second-order valence-corrected chi connectivity index (χ2v) is 3.49. The summed E-state index contributed by atoms with van der Waals surface area (Å²) in [5.41, 5.74) is 8.07. The summed E-state index contributed by atoms with van der Waals surface area (Å²) in [4.78, 5) is 24.2. The van der Waals surface area contributed by atoms with Crippen LogP contribution < -0.4 is 0 Å². The molecule has 0 unspecified atom stereocenters. The average molecular weight is 274 g/mol. The van der Waals surface area contributed by atoms with Crippen LogP contribution in [0.4, 0.5) is 5.69 Å². The van der Waals surface area contributed by atoms with Gasteiger partial charge in [0.15, 0.2) is 0 Å². The first kappa shape index (κ1) is 15.0. The fourth-order valence-electron chi connectivity index (χ4n) is 1.34. The van der Waals surface area contributed by atoms with Gasteiger partial charge < -0.3 is 4.74 Å². The number of rotatable bonds is 4. The normalized spacial score (nSPS) is 8.85. The number of carbonyl (C=O) groups is 1. The molecule has 0 aromatic heterocycles. The van der Waals surface area contributed by atoms with E-state index in [1.165, 1.54) is 19.2 Å². The molecule has 0 N–H and O–H groups in total. The summed E-state index contributed by atoms with van der Waals surface area (Å²) >= 11 is 0. The van der Waals surface area contributed by atoms with Crippen LogP contribution in [0.15, 0.2) is 23.3 Å². The monoisotopic (exact) mass is 274 g/mol. The van der Waals surface area contributed by atoms with Gasteiger partial charge in [0.05, 0.1) is 17.6 Å². The maximum Gasteiger partial charge on any atom is 0.338 e. The summed E-state index contributed by atoms with van der Waals surface area (Å²) < 4.78 is 4.49. The average Bonchev–Trinajstić information content (AvgIpc) is 2.46. The zero-order chi connectivity index (χ0) is 15.0. The lowest BCUT2D eigenvalue weighted by atomic mass is 10.1. The third kappa shape index (κ3) is 4.01. The van der Waals surface area contributed by atoms with Crippen molar-refractivity contribution in [3.8, 4) is 11.8 Å². The first-order chi connectivity index (χ1) is 9.60. The van der Waals surface area contributed by atoms with Crippen molar-refractivity contribution >= 4 is 11.7 Å².